The molecule has 2 amide bonds. The Bertz CT molecular complexity index is 807. The molecule has 0 saturated heterocycles. The number of ether oxygens (including phenoxy) is 2. The van der Waals surface area contributed by atoms with Crippen LogP contribution in [0.15, 0.2) is 54.9 Å². The molecule has 0 unspecified atom stereocenters. The van der Waals surface area contributed by atoms with E-state index in [0.29, 0.717) is 35.2 Å². The van der Waals surface area contributed by atoms with Gasteiger partial charge in [-0.3, -0.25) is 14.6 Å². The Kier molecular flexibility index (Phi) is 8.30. The summed E-state index contributed by atoms with van der Waals surface area (Å²) >= 11 is 5.78. The van der Waals surface area contributed by atoms with E-state index < -0.39 is 0 Å². The molecule has 0 atom stereocenters. The third kappa shape index (κ3) is 8.09. The number of pyridine rings is 1. The molecule has 0 spiro atoms. The summed E-state index contributed by atoms with van der Waals surface area (Å²) in [5, 5.41) is 5.91. The highest BCUT2D eigenvalue weighted by molar-refractivity contribution is 6.30. The van der Waals surface area contributed by atoms with Crippen molar-refractivity contribution in [2.45, 2.75) is 13.3 Å². The van der Waals surface area contributed by atoms with Crippen molar-refractivity contribution in [3.05, 3.63) is 65.6 Å². The molecule has 28 heavy (non-hydrogen) atoms. The van der Waals surface area contributed by atoms with Gasteiger partial charge in [-0.2, -0.15) is 0 Å². The topological polar surface area (TPSA) is 89.6 Å². The van der Waals surface area contributed by atoms with Crippen molar-refractivity contribution in [2.75, 3.05) is 19.8 Å². The van der Waals surface area contributed by atoms with Gasteiger partial charge in [0.05, 0.1) is 6.20 Å². The molecule has 0 aliphatic rings. The zero-order chi connectivity index (χ0) is 20.4. The maximum atomic E-state index is 11.8. The number of rotatable bonds is 10. The number of benzene rings is 1. The van der Waals surface area contributed by atoms with Crippen LogP contribution in [0.2, 0.25) is 5.02 Å². The number of hydrogen-bond acceptors (Lipinski definition) is 5. The average molecular weight is 404 g/mol. The van der Waals surface area contributed by atoms with Crippen LogP contribution >= 0.6 is 11.6 Å². The molecule has 2 rings (SSSR count). The summed E-state index contributed by atoms with van der Waals surface area (Å²) in [4.78, 5) is 27.7. The number of aryl methyl sites for hydroxylation is 1. The number of carbonyl (C=O) groups is 2. The van der Waals surface area contributed by atoms with Crippen molar-refractivity contribution < 1.29 is 19.1 Å². The largest absolute Gasteiger partial charge is 0.484 e. The highest BCUT2D eigenvalue weighted by atomic mass is 35.5. The third-order valence-corrected chi connectivity index (χ3v) is 3.75. The zero-order valence-corrected chi connectivity index (χ0v) is 16.3. The molecule has 0 aliphatic heterocycles. The predicted octanol–water partition coefficient (Wildman–Crippen LogP) is 2.64. The summed E-state index contributed by atoms with van der Waals surface area (Å²) in [5.74, 6) is 0.464. The van der Waals surface area contributed by atoms with Gasteiger partial charge >= 0.3 is 0 Å². The number of nitrogens with one attached hydrogen (secondary N) is 2. The molecule has 0 aliphatic carbocycles. The standard InChI is InChI=1S/C20H22ClN3O4/c1-14-3-6-18(11-23-14)28-13-20(26)24-15(2)9-10-22-19(25)12-27-17-7-4-16(21)5-8-17/h3-8,11H,2,9-10,12-13H2,1H3,(H,22,25)(H,24,26). The van der Waals surface area contributed by atoms with Gasteiger partial charge < -0.3 is 20.1 Å². The number of aromatic nitrogens is 1. The summed E-state index contributed by atoms with van der Waals surface area (Å²) in [5.41, 5.74) is 1.35. The maximum Gasteiger partial charge on any atom is 0.262 e. The molecule has 0 bridgehead atoms. The zero-order valence-electron chi connectivity index (χ0n) is 15.5. The van der Waals surface area contributed by atoms with Crippen LogP contribution in [0.25, 0.3) is 0 Å². The summed E-state index contributed by atoms with van der Waals surface area (Å²) in [6.07, 6.45) is 1.95. The van der Waals surface area contributed by atoms with Crippen LogP contribution in [0.5, 0.6) is 11.5 Å². The molecule has 0 fully saturated rings. The SMILES string of the molecule is C=C(CCNC(=O)COc1ccc(Cl)cc1)NC(=O)COc1ccc(C)nc1. The normalized spacial score (nSPS) is 10.1. The fourth-order valence-corrected chi connectivity index (χ4v) is 2.19. The lowest BCUT2D eigenvalue weighted by Crippen LogP contribution is -2.32. The van der Waals surface area contributed by atoms with E-state index in [1.165, 1.54) is 0 Å². The Hall–Kier alpha value is -3.06. The molecule has 1 heterocycles. The average Bonchev–Trinajstić information content (AvgIpc) is 2.67. The first-order chi connectivity index (χ1) is 13.4. The number of hydrogen-bond donors (Lipinski definition) is 2. The first-order valence-corrected chi connectivity index (χ1v) is 8.98. The van der Waals surface area contributed by atoms with E-state index in [0.717, 1.165) is 5.69 Å². The highest BCUT2D eigenvalue weighted by Gasteiger charge is 2.07. The first-order valence-electron chi connectivity index (χ1n) is 8.60. The van der Waals surface area contributed by atoms with Crippen LogP contribution in [0, 0.1) is 6.92 Å². The monoisotopic (exact) mass is 403 g/mol. The van der Waals surface area contributed by atoms with Gasteiger partial charge in [0.25, 0.3) is 11.8 Å². The van der Waals surface area contributed by atoms with Crippen molar-refractivity contribution in [3.8, 4) is 11.5 Å². The fourth-order valence-electron chi connectivity index (χ4n) is 2.07. The van der Waals surface area contributed by atoms with Crippen molar-refractivity contribution in [2.24, 2.45) is 0 Å². The Morgan fingerprint density at radius 1 is 1.04 bits per heavy atom. The molecule has 0 radical (unpaired) electrons. The molecule has 2 aromatic rings. The van der Waals surface area contributed by atoms with E-state index in [1.807, 2.05) is 6.92 Å². The van der Waals surface area contributed by atoms with E-state index in [-0.39, 0.29) is 25.0 Å². The summed E-state index contributed by atoms with van der Waals surface area (Å²) in [6.45, 7) is 5.69. The van der Waals surface area contributed by atoms with E-state index in [1.54, 1.807) is 42.6 Å². The minimum absolute atomic E-state index is 0.112. The second-order valence-electron chi connectivity index (χ2n) is 5.92. The van der Waals surface area contributed by atoms with Gasteiger partial charge in [0, 0.05) is 29.4 Å². The van der Waals surface area contributed by atoms with Crippen molar-refractivity contribution >= 4 is 23.4 Å². The van der Waals surface area contributed by atoms with E-state index in [2.05, 4.69) is 22.2 Å². The van der Waals surface area contributed by atoms with E-state index >= 15 is 0 Å². The van der Waals surface area contributed by atoms with Crippen LogP contribution in [-0.2, 0) is 9.59 Å². The number of amides is 2. The van der Waals surface area contributed by atoms with Gasteiger partial charge in [-0.25, -0.2) is 0 Å². The third-order valence-electron chi connectivity index (χ3n) is 3.50. The summed E-state index contributed by atoms with van der Waals surface area (Å²) in [7, 11) is 0. The van der Waals surface area contributed by atoms with Gasteiger partial charge in [0.15, 0.2) is 13.2 Å². The molecule has 7 nitrogen and oxygen atoms in total. The van der Waals surface area contributed by atoms with Gasteiger partial charge in [0.2, 0.25) is 0 Å². The van der Waals surface area contributed by atoms with Gasteiger partial charge in [-0.05, 0) is 43.3 Å². The van der Waals surface area contributed by atoms with Crippen LogP contribution in [0.3, 0.4) is 0 Å². The lowest BCUT2D eigenvalue weighted by molar-refractivity contribution is -0.123. The van der Waals surface area contributed by atoms with Crippen molar-refractivity contribution in [3.63, 3.8) is 0 Å². The predicted molar refractivity (Wildman–Crippen MR) is 106 cm³/mol. The molecule has 1 aromatic carbocycles. The molecule has 2 N–H and O–H groups in total. The lowest BCUT2D eigenvalue weighted by Gasteiger charge is -2.11. The van der Waals surface area contributed by atoms with Crippen LogP contribution in [0.4, 0.5) is 0 Å². The second-order valence-corrected chi connectivity index (χ2v) is 6.35. The van der Waals surface area contributed by atoms with Crippen LogP contribution in [-0.4, -0.2) is 36.6 Å². The molecule has 148 valence electrons. The van der Waals surface area contributed by atoms with Gasteiger partial charge in [-0.1, -0.05) is 18.2 Å². The maximum absolute atomic E-state index is 11.8. The molecule has 8 heteroatoms. The lowest BCUT2D eigenvalue weighted by atomic mass is 10.3. The molecular weight excluding hydrogens is 382 g/mol. The minimum atomic E-state index is -0.331. The Morgan fingerprint density at radius 3 is 2.36 bits per heavy atom. The van der Waals surface area contributed by atoms with Crippen molar-refractivity contribution in [1.82, 2.24) is 15.6 Å². The first kappa shape index (κ1) is 21.2. The molecule has 1 aromatic heterocycles. The summed E-state index contributed by atoms with van der Waals surface area (Å²) < 4.78 is 10.7. The van der Waals surface area contributed by atoms with Gasteiger partial charge in [-0.15, -0.1) is 0 Å². The smallest absolute Gasteiger partial charge is 0.262 e. The fraction of sp³-hybridized carbons (Fsp3) is 0.250. The van der Waals surface area contributed by atoms with Crippen molar-refractivity contribution in [1.29, 1.82) is 0 Å². The van der Waals surface area contributed by atoms with E-state index in [4.69, 9.17) is 21.1 Å². The Balaban J connectivity index is 1.58. The molecule has 0 saturated carbocycles. The minimum Gasteiger partial charge on any atom is -0.484 e. The van der Waals surface area contributed by atoms with E-state index in [9.17, 15) is 9.59 Å². The molecular formula is C20H22ClN3O4. The highest BCUT2D eigenvalue weighted by Crippen LogP contribution is 2.15. The van der Waals surface area contributed by atoms with Crippen LogP contribution in [0.1, 0.15) is 12.1 Å². The Morgan fingerprint density at radius 2 is 1.68 bits per heavy atom. The number of halogens is 1. The second kappa shape index (κ2) is 10.9. The quantitative estimate of drug-likeness (QED) is 0.636. The summed E-state index contributed by atoms with van der Waals surface area (Å²) in [6, 6.07) is 10.3. The van der Waals surface area contributed by atoms with Gasteiger partial charge in [0.1, 0.15) is 11.5 Å². The Labute approximate surface area is 168 Å². The number of carbonyl (C=O) groups excluding carboxylic acids is 2. The number of nitrogens with zero attached hydrogens (tertiary/aromatic N) is 1. The van der Waals surface area contributed by atoms with Crippen LogP contribution < -0.4 is 20.1 Å².